The fourth-order valence-corrected chi connectivity index (χ4v) is 5.35. The van der Waals surface area contributed by atoms with Crippen LogP contribution >= 0.6 is 11.6 Å². The van der Waals surface area contributed by atoms with Gasteiger partial charge in [0.1, 0.15) is 11.6 Å². The smallest absolute Gasteiger partial charge is 0.419 e. The minimum atomic E-state index is -4.92. The minimum Gasteiger partial charge on any atom is -0.492 e. The fourth-order valence-electron chi connectivity index (χ4n) is 3.50. The second-order valence-corrected chi connectivity index (χ2v) is 9.75. The fraction of sp³-hybridized carbons (Fsp3) is 0.381. The van der Waals surface area contributed by atoms with Gasteiger partial charge < -0.3 is 10.1 Å². The molecule has 0 spiro atoms. The van der Waals surface area contributed by atoms with Gasteiger partial charge in [0.15, 0.2) is 0 Å². The second-order valence-electron chi connectivity index (χ2n) is 7.41. The van der Waals surface area contributed by atoms with Gasteiger partial charge in [-0.2, -0.15) is 17.5 Å². The highest BCUT2D eigenvalue weighted by Gasteiger charge is 2.36. The normalized spacial score (nSPS) is 17.6. The summed E-state index contributed by atoms with van der Waals surface area (Å²) in [7, 11) is -3.97. The molecule has 180 valence electrons. The zero-order valence-electron chi connectivity index (χ0n) is 17.5. The summed E-state index contributed by atoms with van der Waals surface area (Å²) in [6.07, 6.45) is -4.20. The number of halogens is 5. The maximum absolute atomic E-state index is 13.5. The van der Waals surface area contributed by atoms with Crippen LogP contribution in [0.15, 0.2) is 41.3 Å². The van der Waals surface area contributed by atoms with Gasteiger partial charge >= 0.3 is 6.18 Å². The predicted molar refractivity (Wildman–Crippen MR) is 114 cm³/mol. The van der Waals surface area contributed by atoms with Crippen LogP contribution in [0, 0.1) is 11.7 Å². The van der Waals surface area contributed by atoms with Crippen molar-refractivity contribution in [2.24, 2.45) is 5.92 Å². The Morgan fingerprint density at radius 1 is 1.24 bits per heavy atom. The van der Waals surface area contributed by atoms with E-state index in [9.17, 15) is 30.8 Å². The third kappa shape index (κ3) is 5.77. The Labute approximate surface area is 193 Å². The molecular weight excluding hydrogens is 488 g/mol. The Kier molecular flexibility index (Phi) is 7.55. The topological polar surface area (TPSA) is 75.7 Å². The third-order valence-electron chi connectivity index (χ3n) is 5.14. The number of nitrogens with zero attached hydrogens (tertiary/aromatic N) is 1. The summed E-state index contributed by atoms with van der Waals surface area (Å²) >= 11 is 6.10. The van der Waals surface area contributed by atoms with Gasteiger partial charge in [-0.05, 0) is 56.2 Å². The monoisotopic (exact) mass is 508 g/mol. The molecule has 1 atom stereocenters. The number of hydrogen-bond donors (Lipinski definition) is 1. The highest BCUT2D eigenvalue weighted by Crippen LogP contribution is 2.34. The van der Waals surface area contributed by atoms with Gasteiger partial charge in [-0.3, -0.25) is 4.79 Å². The molecule has 0 bridgehead atoms. The molecule has 0 saturated carbocycles. The molecule has 1 unspecified atom stereocenters. The summed E-state index contributed by atoms with van der Waals surface area (Å²) in [6, 6.07) is 6.20. The minimum absolute atomic E-state index is 0.0645. The first-order valence-corrected chi connectivity index (χ1v) is 11.9. The van der Waals surface area contributed by atoms with Gasteiger partial charge in [0, 0.05) is 18.8 Å². The van der Waals surface area contributed by atoms with Crippen LogP contribution in [-0.2, 0) is 21.0 Å². The number of carbonyl (C=O) groups is 1. The molecule has 1 aliphatic heterocycles. The molecule has 1 aliphatic rings. The first-order valence-electron chi connectivity index (χ1n) is 10.0. The Morgan fingerprint density at radius 2 is 1.97 bits per heavy atom. The summed E-state index contributed by atoms with van der Waals surface area (Å²) in [5.74, 6) is -2.57. The summed E-state index contributed by atoms with van der Waals surface area (Å²) < 4.78 is 84.8. The average molecular weight is 509 g/mol. The van der Waals surface area contributed by atoms with Crippen LogP contribution in [0.25, 0.3) is 0 Å². The maximum Gasteiger partial charge on any atom is 0.419 e. The van der Waals surface area contributed by atoms with Crippen molar-refractivity contribution in [2.75, 3.05) is 25.0 Å². The van der Waals surface area contributed by atoms with Crippen molar-refractivity contribution < 1.29 is 35.5 Å². The molecule has 2 aromatic carbocycles. The molecule has 1 saturated heterocycles. The number of alkyl halides is 3. The SMILES string of the molecule is CCOc1ccc(S(=O)(=O)N2CCCC(C(=O)Nc3ccc(F)c(C(F)(F)F)c3)C2)cc1Cl. The van der Waals surface area contributed by atoms with Gasteiger partial charge in [0.25, 0.3) is 0 Å². The van der Waals surface area contributed by atoms with Gasteiger partial charge in [0.2, 0.25) is 15.9 Å². The largest absolute Gasteiger partial charge is 0.492 e. The van der Waals surface area contributed by atoms with Gasteiger partial charge in [-0.1, -0.05) is 11.6 Å². The highest BCUT2D eigenvalue weighted by atomic mass is 35.5. The van der Waals surface area contributed by atoms with Crippen molar-refractivity contribution in [1.29, 1.82) is 0 Å². The van der Waals surface area contributed by atoms with Crippen molar-refractivity contribution in [3.63, 3.8) is 0 Å². The molecule has 3 rings (SSSR count). The summed E-state index contributed by atoms with van der Waals surface area (Å²) in [5.41, 5.74) is -1.73. The van der Waals surface area contributed by atoms with E-state index in [2.05, 4.69) is 5.32 Å². The van der Waals surface area contributed by atoms with E-state index >= 15 is 0 Å². The summed E-state index contributed by atoms with van der Waals surface area (Å²) in [6.45, 7) is 2.13. The Balaban J connectivity index is 1.75. The lowest BCUT2D eigenvalue weighted by atomic mass is 9.98. The van der Waals surface area contributed by atoms with Crippen LogP contribution < -0.4 is 10.1 Å². The number of sulfonamides is 1. The molecule has 0 aliphatic carbocycles. The van der Waals surface area contributed by atoms with Crippen LogP contribution in [0.2, 0.25) is 5.02 Å². The number of carbonyl (C=O) groups excluding carboxylic acids is 1. The van der Waals surface area contributed by atoms with Crippen molar-refractivity contribution >= 4 is 33.2 Å². The van der Waals surface area contributed by atoms with E-state index in [-0.39, 0.29) is 28.7 Å². The predicted octanol–water partition coefficient (Wildman–Crippen LogP) is 4.94. The van der Waals surface area contributed by atoms with Gasteiger partial charge in [-0.25, -0.2) is 12.8 Å². The van der Waals surface area contributed by atoms with E-state index in [0.29, 0.717) is 37.3 Å². The molecular formula is C21H21ClF4N2O4S. The van der Waals surface area contributed by atoms with E-state index in [1.54, 1.807) is 6.92 Å². The lowest BCUT2D eigenvalue weighted by Crippen LogP contribution is -2.43. The lowest BCUT2D eigenvalue weighted by Gasteiger charge is -2.31. The summed E-state index contributed by atoms with van der Waals surface area (Å²) in [4.78, 5) is 12.6. The molecule has 1 fully saturated rings. The first kappa shape index (κ1) is 25.3. The number of rotatable bonds is 6. The molecule has 1 heterocycles. The molecule has 1 amide bonds. The Bertz CT molecular complexity index is 1140. The molecule has 33 heavy (non-hydrogen) atoms. The van der Waals surface area contributed by atoms with E-state index in [1.807, 2.05) is 0 Å². The number of piperidine rings is 1. The van der Waals surface area contributed by atoms with Crippen LogP contribution in [0.5, 0.6) is 5.75 Å². The van der Waals surface area contributed by atoms with Crippen LogP contribution in [0.3, 0.4) is 0 Å². The lowest BCUT2D eigenvalue weighted by molar-refractivity contribution is -0.140. The van der Waals surface area contributed by atoms with E-state index in [0.717, 1.165) is 10.4 Å². The van der Waals surface area contributed by atoms with Crippen LogP contribution in [0.1, 0.15) is 25.3 Å². The molecule has 1 N–H and O–H groups in total. The molecule has 0 radical (unpaired) electrons. The number of amides is 1. The van der Waals surface area contributed by atoms with E-state index < -0.39 is 39.4 Å². The van der Waals surface area contributed by atoms with Crippen LogP contribution in [-0.4, -0.2) is 38.3 Å². The van der Waals surface area contributed by atoms with E-state index in [4.69, 9.17) is 16.3 Å². The van der Waals surface area contributed by atoms with Crippen molar-refractivity contribution in [3.8, 4) is 5.75 Å². The number of hydrogen-bond acceptors (Lipinski definition) is 4. The number of ether oxygens (including phenoxy) is 1. The summed E-state index contributed by atoms with van der Waals surface area (Å²) in [5, 5.41) is 2.45. The van der Waals surface area contributed by atoms with Crippen molar-refractivity contribution in [1.82, 2.24) is 4.31 Å². The molecule has 2 aromatic rings. The van der Waals surface area contributed by atoms with E-state index in [1.165, 1.54) is 18.2 Å². The molecule has 0 aromatic heterocycles. The average Bonchev–Trinajstić information content (AvgIpc) is 2.76. The van der Waals surface area contributed by atoms with Gasteiger partial charge in [-0.15, -0.1) is 0 Å². The Morgan fingerprint density at radius 3 is 2.61 bits per heavy atom. The highest BCUT2D eigenvalue weighted by molar-refractivity contribution is 7.89. The zero-order valence-corrected chi connectivity index (χ0v) is 19.0. The maximum atomic E-state index is 13.5. The Hall–Kier alpha value is -2.37. The first-order chi connectivity index (χ1) is 15.4. The quantitative estimate of drug-likeness (QED) is 0.561. The number of nitrogens with one attached hydrogen (secondary N) is 1. The number of anilines is 1. The van der Waals surface area contributed by atoms with Crippen LogP contribution in [0.4, 0.5) is 23.2 Å². The second kappa shape index (κ2) is 9.86. The van der Waals surface area contributed by atoms with Crippen molar-refractivity contribution in [2.45, 2.75) is 30.8 Å². The van der Waals surface area contributed by atoms with Crippen molar-refractivity contribution in [3.05, 3.63) is 52.8 Å². The number of benzene rings is 2. The zero-order chi connectivity index (χ0) is 24.4. The third-order valence-corrected chi connectivity index (χ3v) is 7.29. The molecule has 6 nitrogen and oxygen atoms in total. The standard InChI is InChI=1S/C21H21ClF4N2O4S/c1-2-32-19-8-6-15(11-17(19)22)33(30,31)28-9-3-4-13(12-28)20(29)27-14-5-7-18(23)16(10-14)21(24,25)26/h5-8,10-11,13H,2-4,9,12H2,1H3,(H,27,29). The van der Waals surface area contributed by atoms with Gasteiger partial charge in [0.05, 0.1) is 28.0 Å². The molecule has 12 heteroatoms.